The Morgan fingerprint density at radius 2 is 1.83 bits per heavy atom. The third-order valence-corrected chi connectivity index (χ3v) is 4.80. The molecule has 1 aromatic heterocycles. The van der Waals surface area contributed by atoms with Crippen molar-refractivity contribution in [3.05, 3.63) is 52.8 Å². The number of ketones is 1. The van der Waals surface area contributed by atoms with Crippen LogP contribution in [0.4, 0.5) is 5.69 Å². The summed E-state index contributed by atoms with van der Waals surface area (Å²) in [6, 6.07) is 8.83. The van der Waals surface area contributed by atoms with Gasteiger partial charge in [0, 0.05) is 49.7 Å². The van der Waals surface area contributed by atoms with Gasteiger partial charge in [-0.3, -0.25) is 9.59 Å². The number of hydrogen-bond donors (Lipinski definition) is 0. The Balaban J connectivity index is 2.00. The van der Waals surface area contributed by atoms with E-state index < -0.39 is 5.97 Å². The van der Waals surface area contributed by atoms with Crippen LogP contribution < -0.4 is 4.90 Å². The molecule has 0 saturated carbocycles. The second kappa shape index (κ2) is 9.91. The van der Waals surface area contributed by atoms with Gasteiger partial charge in [-0.25, -0.2) is 4.79 Å². The normalized spacial score (nSPS) is 10.5. The van der Waals surface area contributed by atoms with E-state index in [1.807, 2.05) is 43.5 Å². The van der Waals surface area contributed by atoms with Gasteiger partial charge in [0.05, 0.1) is 12.7 Å². The predicted octanol–water partition coefficient (Wildman–Crippen LogP) is 3.16. The number of carbonyl (C=O) groups is 3. The smallest absolute Gasteiger partial charge is 0.338 e. The topological polar surface area (TPSA) is 77.8 Å². The van der Waals surface area contributed by atoms with Crippen molar-refractivity contribution in [1.82, 2.24) is 4.57 Å². The molecule has 0 aliphatic rings. The van der Waals surface area contributed by atoms with Crippen LogP contribution in [0.25, 0.3) is 0 Å². The van der Waals surface area contributed by atoms with E-state index in [9.17, 15) is 14.4 Å². The number of ether oxygens (including phenoxy) is 2. The maximum Gasteiger partial charge on any atom is 0.338 e. The maximum atomic E-state index is 12.6. The number of nitrogens with zero attached hydrogens (tertiary/aromatic N) is 2. The molecule has 0 atom stereocenters. The van der Waals surface area contributed by atoms with E-state index in [0.29, 0.717) is 30.5 Å². The standard InChI is InChI=1S/C22H28N2O5/c1-15-12-19(16(2)24(15)11-7-10-21(26)28-5)20(25)14-29-22(27)17-8-6-9-18(13-17)23(3)4/h6,8-9,12-13H,7,10-11,14H2,1-5H3. The third-order valence-electron chi connectivity index (χ3n) is 4.80. The molecule has 0 saturated heterocycles. The molecule has 29 heavy (non-hydrogen) atoms. The molecule has 0 aliphatic heterocycles. The second-order valence-corrected chi connectivity index (χ2v) is 7.06. The van der Waals surface area contributed by atoms with Gasteiger partial charge in [0.25, 0.3) is 0 Å². The highest BCUT2D eigenvalue weighted by molar-refractivity contribution is 6.00. The number of benzene rings is 1. The molecule has 156 valence electrons. The minimum atomic E-state index is -0.533. The van der Waals surface area contributed by atoms with Crippen LogP contribution >= 0.6 is 0 Å². The van der Waals surface area contributed by atoms with Gasteiger partial charge in [0.2, 0.25) is 5.78 Å². The van der Waals surface area contributed by atoms with E-state index in [2.05, 4.69) is 4.74 Å². The summed E-state index contributed by atoms with van der Waals surface area (Å²) >= 11 is 0. The Bertz CT molecular complexity index is 899. The van der Waals surface area contributed by atoms with Gasteiger partial charge < -0.3 is 18.9 Å². The molecule has 0 bridgehead atoms. The number of rotatable bonds is 9. The van der Waals surface area contributed by atoms with E-state index >= 15 is 0 Å². The van der Waals surface area contributed by atoms with Gasteiger partial charge in [-0.1, -0.05) is 6.07 Å². The van der Waals surface area contributed by atoms with Crippen molar-refractivity contribution < 1.29 is 23.9 Å². The molecule has 7 nitrogen and oxygen atoms in total. The lowest BCUT2D eigenvalue weighted by molar-refractivity contribution is -0.140. The van der Waals surface area contributed by atoms with Crippen LogP contribution in [0.2, 0.25) is 0 Å². The van der Waals surface area contributed by atoms with Crippen LogP contribution in [-0.2, 0) is 20.8 Å². The number of esters is 2. The van der Waals surface area contributed by atoms with Gasteiger partial charge in [0.1, 0.15) is 0 Å². The molecule has 0 fully saturated rings. The van der Waals surface area contributed by atoms with Crippen LogP contribution in [-0.4, -0.2) is 50.1 Å². The van der Waals surface area contributed by atoms with Crippen molar-refractivity contribution in [3.8, 4) is 0 Å². The van der Waals surface area contributed by atoms with Gasteiger partial charge in [0.15, 0.2) is 6.61 Å². The molecule has 0 unspecified atom stereocenters. The highest BCUT2D eigenvalue weighted by atomic mass is 16.5. The van der Waals surface area contributed by atoms with Crippen LogP contribution in [0, 0.1) is 13.8 Å². The van der Waals surface area contributed by atoms with Crippen molar-refractivity contribution in [2.24, 2.45) is 0 Å². The lowest BCUT2D eigenvalue weighted by Crippen LogP contribution is -2.16. The summed E-state index contributed by atoms with van der Waals surface area (Å²) < 4.78 is 11.9. The van der Waals surface area contributed by atoms with Crippen molar-refractivity contribution >= 4 is 23.4 Å². The van der Waals surface area contributed by atoms with Crippen LogP contribution in [0.3, 0.4) is 0 Å². The van der Waals surface area contributed by atoms with E-state index in [4.69, 9.17) is 4.74 Å². The summed E-state index contributed by atoms with van der Waals surface area (Å²) in [5.74, 6) is -1.04. The second-order valence-electron chi connectivity index (χ2n) is 7.06. The number of aryl methyl sites for hydroxylation is 1. The fraction of sp³-hybridized carbons (Fsp3) is 0.409. The summed E-state index contributed by atoms with van der Waals surface area (Å²) in [5.41, 5.74) is 3.51. The average Bonchev–Trinajstić information content (AvgIpc) is 2.99. The quantitative estimate of drug-likeness (QED) is 0.475. The number of Topliss-reactive ketones (excluding diaryl/α,β-unsaturated/α-hetero) is 1. The number of methoxy groups -OCH3 is 1. The lowest BCUT2D eigenvalue weighted by atomic mass is 10.1. The largest absolute Gasteiger partial charge is 0.469 e. The Kier molecular flexibility index (Phi) is 7.59. The first-order valence-corrected chi connectivity index (χ1v) is 9.45. The number of hydrogen-bond acceptors (Lipinski definition) is 6. The molecule has 0 N–H and O–H groups in total. The fourth-order valence-corrected chi connectivity index (χ4v) is 3.11. The molecule has 0 aliphatic carbocycles. The summed E-state index contributed by atoms with van der Waals surface area (Å²) in [4.78, 5) is 38.1. The molecule has 2 rings (SSSR count). The van der Waals surface area contributed by atoms with E-state index in [-0.39, 0.29) is 18.4 Å². The third kappa shape index (κ3) is 5.70. The van der Waals surface area contributed by atoms with Gasteiger partial charge in [-0.15, -0.1) is 0 Å². The first-order chi connectivity index (χ1) is 13.7. The minimum Gasteiger partial charge on any atom is -0.469 e. The molecule has 7 heteroatoms. The summed E-state index contributed by atoms with van der Waals surface area (Å²) in [7, 11) is 5.13. The van der Waals surface area contributed by atoms with Gasteiger partial charge in [-0.2, -0.15) is 0 Å². The molecular formula is C22H28N2O5. The van der Waals surface area contributed by atoms with Crippen LogP contribution in [0.1, 0.15) is 44.9 Å². The summed E-state index contributed by atoms with van der Waals surface area (Å²) in [6.45, 7) is 4.04. The van der Waals surface area contributed by atoms with E-state index in [1.165, 1.54) is 7.11 Å². The highest BCUT2D eigenvalue weighted by Crippen LogP contribution is 2.18. The molecule has 2 aromatic rings. The first-order valence-electron chi connectivity index (χ1n) is 9.45. The number of carbonyl (C=O) groups excluding carboxylic acids is 3. The zero-order valence-corrected chi connectivity index (χ0v) is 17.7. The Hall–Kier alpha value is -3.09. The zero-order valence-electron chi connectivity index (χ0n) is 17.7. The molecule has 0 spiro atoms. The summed E-state index contributed by atoms with van der Waals surface area (Å²) in [5, 5.41) is 0. The van der Waals surface area contributed by atoms with Crippen molar-refractivity contribution in [1.29, 1.82) is 0 Å². The molecule has 0 radical (unpaired) electrons. The number of aromatic nitrogens is 1. The van der Waals surface area contributed by atoms with Crippen LogP contribution in [0.15, 0.2) is 30.3 Å². The monoisotopic (exact) mass is 400 g/mol. The van der Waals surface area contributed by atoms with E-state index in [0.717, 1.165) is 17.1 Å². The molecule has 1 heterocycles. The fourth-order valence-electron chi connectivity index (χ4n) is 3.11. The van der Waals surface area contributed by atoms with Crippen molar-refractivity contribution in [2.45, 2.75) is 33.2 Å². The number of anilines is 1. The average molecular weight is 400 g/mol. The Morgan fingerprint density at radius 3 is 2.48 bits per heavy atom. The van der Waals surface area contributed by atoms with Crippen molar-refractivity contribution in [3.63, 3.8) is 0 Å². The van der Waals surface area contributed by atoms with Gasteiger partial charge in [-0.05, 0) is 44.5 Å². The zero-order chi connectivity index (χ0) is 21.6. The van der Waals surface area contributed by atoms with E-state index in [1.54, 1.807) is 24.3 Å². The highest BCUT2D eigenvalue weighted by Gasteiger charge is 2.18. The molecule has 0 amide bonds. The molecule has 1 aromatic carbocycles. The van der Waals surface area contributed by atoms with Crippen molar-refractivity contribution in [2.75, 3.05) is 32.7 Å². The van der Waals surface area contributed by atoms with Crippen LogP contribution in [0.5, 0.6) is 0 Å². The Morgan fingerprint density at radius 1 is 1.10 bits per heavy atom. The molecular weight excluding hydrogens is 372 g/mol. The summed E-state index contributed by atoms with van der Waals surface area (Å²) in [6.07, 6.45) is 0.939. The predicted molar refractivity (Wildman–Crippen MR) is 111 cm³/mol. The Labute approximate surface area is 171 Å². The maximum absolute atomic E-state index is 12.6. The lowest BCUT2D eigenvalue weighted by Gasteiger charge is -2.13. The minimum absolute atomic E-state index is 0.255. The van der Waals surface area contributed by atoms with Gasteiger partial charge >= 0.3 is 11.9 Å². The first kappa shape index (κ1) is 22.2. The SMILES string of the molecule is COC(=O)CCCn1c(C)cc(C(=O)COC(=O)c2cccc(N(C)C)c2)c1C.